The van der Waals surface area contributed by atoms with Crippen LogP contribution in [0.25, 0.3) is 21.0 Å². The van der Waals surface area contributed by atoms with Crippen LogP contribution in [0, 0.1) is 0 Å². The summed E-state index contributed by atoms with van der Waals surface area (Å²) in [5, 5.41) is 1.11. The molecule has 5 rings (SSSR count). The van der Waals surface area contributed by atoms with E-state index in [0.717, 1.165) is 23.2 Å². The molecule has 29 heavy (non-hydrogen) atoms. The molecule has 1 aliphatic heterocycles. The molecule has 2 aliphatic rings. The lowest BCUT2D eigenvalue weighted by Crippen LogP contribution is -2.36. The second-order valence-electron chi connectivity index (χ2n) is 8.54. The number of nitrogens with zero attached hydrogens (tertiary/aromatic N) is 2. The Balaban J connectivity index is 1.37. The summed E-state index contributed by atoms with van der Waals surface area (Å²) in [5.41, 5.74) is 5.53. The highest BCUT2D eigenvalue weighted by molar-refractivity contribution is 7.18. The van der Waals surface area contributed by atoms with Crippen LogP contribution < -0.4 is 4.74 Å². The molecule has 2 aromatic carbocycles. The average molecular weight is 405 g/mol. The smallest absolute Gasteiger partial charge is 0.123 e. The van der Waals surface area contributed by atoms with Crippen molar-refractivity contribution in [2.75, 3.05) is 13.1 Å². The van der Waals surface area contributed by atoms with Gasteiger partial charge in [0.05, 0.1) is 11.0 Å². The predicted octanol–water partition coefficient (Wildman–Crippen LogP) is 6.35. The number of thiazole rings is 1. The van der Waals surface area contributed by atoms with Gasteiger partial charge in [0.2, 0.25) is 0 Å². The van der Waals surface area contributed by atoms with Crippen LogP contribution in [-0.4, -0.2) is 29.1 Å². The van der Waals surface area contributed by atoms with E-state index in [9.17, 15) is 0 Å². The van der Waals surface area contributed by atoms with Crippen LogP contribution in [0.3, 0.4) is 0 Å². The molecule has 1 aliphatic carbocycles. The first-order valence-electron chi connectivity index (χ1n) is 10.7. The summed E-state index contributed by atoms with van der Waals surface area (Å²) in [6.45, 7) is 7.72. The van der Waals surface area contributed by atoms with Gasteiger partial charge in [0, 0.05) is 18.3 Å². The van der Waals surface area contributed by atoms with Crippen molar-refractivity contribution in [3.05, 3.63) is 59.8 Å². The van der Waals surface area contributed by atoms with Crippen LogP contribution in [-0.2, 0) is 6.54 Å². The van der Waals surface area contributed by atoms with Crippen molar-refractivity contribution < 1.29 is 4.74 Å². The Morgan fingerprint density at radius 3 is 2.48 bits per heavy atom. The third-order valence-corrected chi connectivity index (χ3v) is 6.86. The van der Waals surface area contributed by atoms with Crippen LogP contribution in [0.1, 0.15) is 50.2 Å². The van der Waals surface area contributed by atoms with Gasteiger partial charge in [-0.25, -0.2) is 4.98 Å². The second kappa shape index (κ2) is 7.92. The van der Waals surface area contributed by atoms with E-state index in [2.05, 4.69) is 35.2 Å². The molecule has 4 heteroatoms. The number of benzene rings is 2. The van der Waals surface area contributed by atoms with Crippen molar-refractivity contribution in [1.29, 1.82) is 0 Å². The number of hydrogen-bond donors (Lipinski definition) is 0. The third-order valence-electron chi connectivity index (χ3n) is 5.77. The van der Waals surface area contributed by atoms with E-state index >= 15 is 0 Å². The van der Waals surface area contributed by atoms with Crippen LogP contribution in [0.5, 0.6) is 5.75 Å². The van der Waals surface area contributed by atoms with Crippen LogP contribution in [0.4, 0.5) is 0 Å². The Labute approximate surface area is 177 Å². The summed E-state index contributed by atoms with van der Waals surface area (Å²) in [4.78, 5) is 8.50. The molecule has 3 nitrogen and oxygen atoms in total. The third kappa shape index (κ3) is 4.24. The molecule has 0 unspecified atom stereocenters. The Morgan fingerprint density at radius 1 is 1.07 bits per heavy atom. The second-order valence-corrected chi connectivity index (χ2v) is 9.57. The monoisotopic (exact) mass is 404 g/mol. The molecule has 2 heterocycles. The Morgan fingerprint density at radius 2 is 1.83 bits per heavy atom. The molecule has 3 aromatic rings. The minimum absolute atomic E-state index is 0.195. The van der Waals surface area contributed by atoms with E-state index in [1.807, 2.05) is 32.2 Å². The molecule has 0 amide bonds. The van der Waals surface area contributed by atoms with Crippen molar-refractivity contribution in [1.82, 2.24) is 9.88 Å². The number of hydrogen-bond acceptors (Lipinski definition) is 4. The normalized spacial score (nSPS) is 16.8. The lowest BCUT2D eigenvalue weighted by atomic mass is 9.99. The molecule has 1 saturated heterocycles. The first-order chi connectivity index (χ1) is 14.2. The van der Waals surface area contributed by atoms with Gasteiger partial charge in [0.1, 0.15) is 10.8 Å². The maximum absolute atomic E-state index is 5.76. The minimum atomic E-state index is 0.195. The van der Waals surface area contributed by atoms with E-state index in [1.165, 1.54) is 53.9 Å². The highest BCUT2D eigenvalue weighted by Gasteiger charge is 2.27. The summed E-state index contributed by atoms with van der Waals surface area (Å²) in [6, 6.07) is 15.4. The fourth-order valence-electron chi connectivity index (χ4n) is 3.94. The number of rotatable bonds is 7. The topological polar surface area (TPSA) is 25.4 Å². The van der Waals surface area contributed by atoms with Gasteiger partial charge in [-0.05, 0) is 99.1 Å². The van der Waals surface area contributed by atoms with E-state index < -0.39 is 0 Å². The van der Waals surface area contributed by atoms with Gasteiger partial charge in [0.15, 0.2) is 0 Å². The van der Waals surface area contributed by atoms with Crippen LogP contribution in [0.2, 0.25) is 0 Å². The maximum Gasteiger partial charge on any atom is 0.123 e. The van der Waals surface area contributed by atoms with Crippen molar-refractivity contribution >= 4 is 11.3 Å². The Kier molecular flexibility index (Phi) is 5.15. The molecular formula is C25H28N2OS. The molecular weight excluding hydrogens is 376 g/mol. The number of aromatic nitrogens is 1. The van der Waals surface area contributed by atoms with Gasteiger partial charge in [-0.3, -0.25) is 4.90 Å². The van der Waals surface area contributed by atoms with Crippen molar-refractivity contribution in [2.24, 2.45) is 0 Å². The summed E-state index contributed by atoms with van der Waals surface area (Å²) in [6.07, 6.45) is 6.22. The summed E-state index contributed by atoms with van der Waals surface area (Å²) in [5.74, 6) is 1.68. The molecule has 1 saturated carbocycles. The van der Waals surface area contributed by atoms with Gasteiger partial charge in [-0.15, -0.1) is 11.3 Å². The number of likely N-dealkylation sites (tertiary alicyclic amines) is 1. The molecule has 1 aromatic heterocycles. The van der Waals surface area contributed by atoms with Gasteiger partial charge >= 0.3 is 0 Å². The molecule has 2 fully saturated rings. The van der Waals surface area contributed by atoms with E-state index in [1.54, 1.807) is 16.9 Å². The Bertz CT molecular complexity index is 984. The lowest BCUT2D eigenvalue weighted by Gasteiger charge is -2.31. The van der Waals surface area contributed by atoms with E-state index in [-0.39, 0.29) is 6.10 Å². The fraction of sp³-hybridized carbons (Fsp3) is 0.400. The van der Waals surface area contributed by atoms with Crippen molar-refractivity contribution in [3.8, 4) is 26.8 Å². The summed E-state index contributed by atoms with van der Waals surface area (Å²) >= 11 is 1.77. The van der Waals surface area contributed by atoms with E-state index in [4.69, 9.17) is 9.72 Å². The van der Waals surface area contributed by atoms with Crippen LogP contribution in [0.15, 0.2) is 48.7 Å². The molecule has 0 atom stereocenters. The lowest BCUT2D eigenvalue weighted by molar-refractivity contribution is 0.172. The number of ether oxygens (including phenoxy) is 1. The van der Waals surface area contributed by atoms with Crippen LogP contribution >= 0.6 is 11.3 Å². The summed E-state index contributed by atoms with van der Waals surface area (Å²) in [7, 11) is 0. The fourth-order valence-corrected chi connectivity index (χ4v) is 4.86. The van der Waals surface area contributed by atoms with Gasteiger partial charge in [-0.2, -0.15) is 0 Å². The minimum Gasteiger partial charge on any atom is -0.491 e. The van der Waals surface area contributed by atoms with E-state index in [0.29, 0.717) is 0 Å². The first kappa shape index (κ1) is 18.8. The molecule has 0 bridgehead atoms. The highest BCUT2D eigenvalue weighted by atomic mass is 32.1. The average Bonchev–Trinajstić information content (AvgIpc) is 3.41. The van der Waals surface area contributed by atoms with Crippen molar-refractivity contribution in [2.45, 2.75) is 51.7 Å². The summed E-state index contributed by atoms with van der Waals surface area (Å²) < 4.78 is 5.76. The zero-order valence-corrected chi connectivity index (χ0v) is 18.0. The maximum atomic E-state index is 5.76. The standard InChI is InChI=1S/C25H28N2OS/c1-17(2)28-22-10-8-19(9-11-22)24-15-26-25(29-24)20-6-7-21(16-27-12-3-13-27)23(14-20)18-4-5-18/h6-11,14-15,17-18H,3-5,12-13,16H2,1-2H3. The molecule has 0 spiro atoms. The zero-order valence-electron chi connectivity index (χ0n) is 17.2. The Hall–Kier alpha value is -2.17. The zero-order chi connectivity index (χ0) is 19.8. The largest absolute Gasteiger partial charge is 0.491 e. The highest BCUT2D eigenvalue weighted by Crippen LogP contribution is 2.44. The SMILES string of the molecule is CC(C)Oc1ccc(-c2cnc(-c3ccc(CN4CCC4)c(C4CC4)c3)s2)cc1. The molecule has 0 radical (unpaired) electrons. The van der Waals surface area contributed by atoms with Gasteiger partial charge in [0.25, 0.3) is 0 Å². The predicted molar refractivity (Wildman–Crippen MR) is 121 cm³/mol. The van der Waals surface area contributed by atoms with Crippen molar-refractivity contribution in [3.63, 3.8) is 0 Å². The molecule has 150 valence electrons. The quantitative estimate of drug-likeness (QED) is 0.459. The van der Waals surface area contributed by atoms with Gasteiger partial charge in [-0.1, -0.05) is 12.1 Å². The molecule has 0 N–H and O–H groups in total. The van der Waals surface area contributed by atoms with Gasteiger partial charge < -0.3 is 4.74 Å². The first-order valence-corrected chi connectivity index (χ1v) is 11.6.